The van der Waals surface area contributed by atoms with Crippen LogP contribution in [0.1, 0.15) is 17.2 Å². The number of carbonyl (C=O) groups excluding carboxylic acids is 2. The highest BCUT2D eigenvalue weighted by Gasteiger charge is 2.45. The number of nitrogens with zero attached hydrogens (tertiary/aromatic N) is 1. The molecule has 0 aromatic heterocycles. The van der Waals surface area contributed by atoms with Crippen LogP contribution in [0.4, 0.5) is 4.39 Å². The molecule has 1 fully saturated rings. The lowest BCUT2D eigenvalue weighted by Crippen LogP contribution is -2.32. The van der Waals surface area contributed by atoms with E-state index in [2.05, 4.69) is 0 Å². The number of rotatable bonds is 4. The second-order valence-corrected chi connectivity index (χ2v) is 5.63. The summed E-state index contributed by atoms with van der Waals surface area (Å²) in [4.78, 5) is 26.1. The maximum absolute atomic E-state index is 13.1. The van der Waals surface area contributed by atoms with Gasteiger partial charge in [-0.1, -0.05) is 30.3 Å². The van der Waals surface area contributed by atoms with Crippen molar-refractivity contribution >= 4 is 17.4 Å². The van der Waals surface area contributed by atoms with Crippen molar-refractivity contribution in [2.24, 2.45) is 0 Å². The minimum atomic E-state index is -0.830. The molecular formula is C19H16FNO4. The monoisotopic (exact) mass is 341 g/mol. The average molecular weight is 341 g/mol. The molecule has 128 valence electrons. The van der Waals surface area contributed by atoms with Gasteiger partial charge >= 0.3 is 0 Å². The number of amides is 1. The Bertz CT molecular complexity index is 830. The molecule has 2 aromatic carbocycles. The second kappa shape index (κ2) is 6.86. The predicted molar refractivity (Wildman–Crippen MR) is 88.9 cm³/mol. The van der Waals surface area contributed by atoms with Crippen LogP contribution in [0, 0.1) is 5.82 Å². The molecule has 1 saturated heterocycles. The summed E-state index contributed by atoms with van der Waals surface area (Å²) >= 11 is 0. The topological polar surface area (TPSA) is 77.8 Å². The minimum Gasteiger partial charge on any atom is -0.507 e. The van der Waals surface area contributed by atoms with Crippen molar-refractivity contribution < 1.29 is 24.2 Å². The fourth-order valence-corrected chi connectivity index (χ4v) is 2.96. The molecule has 0 bridgehead atoms. The molecule has 0 radical (unpaired) electrons. The summed E-state index contributed by atoms with van der Waals surface area (Å²) in [5, 5.41) is 19.9. The van der Waals surface area contributed by atoms with Crippen LogP contribution in [-0.4, -0.2) is 40.0 Å². The number of hydrogen-bond donors (Lipinski definition) is 2. The van der Waals surface area contributed by atoms with Crippen LogP contribution in [0.25, 0.3) is 5.76 Å². The van der Waals surface area contributed by atoms with E-state index in [1.165, 1.54) is 17.0 Å². The third-order valence-electron chi connectivity index (χ3n) is 4.11. The van der Waals surface area contributed by atoms with Gasteiger partial charge in [-0.25, -0.2) is 4.39 Å². The smallest absolute Gasteiger partial charge is 0.295 e. The van der Waals surface area contributed by atoms with E-state index in [0.717, 1.165) is 12.1 Å². The first-order valence-corrected chi connectivity index (χ1v) is 7.74. The maximum atomic E-state index is 13.1. The summed E-state index contributed by atoms with van der Waals surface area (Å²) in [7, 11) is 0. The molecule has 2 N–H and O–H groups in total. The van der Waals surface area contributed by atoms with Gasteiger partial charge in [-0.15, -0.1) is 0 Å². The third kappa shape index (κ3) is 3.04. The molecule has 3 rings (SSSR count). The summed E-state index contributed by atoms with van der Waals surface area (Å²) in [6, 6.07) is 13.0. The van der Waals surface area contributed by atoms with Crippen LogP contribution in [0.5, 0.6) is 0 Å². The Hall–Kier alpha value is -2.99. The molecule has 1 amide bonds. The molecule has 25 heavy (non-hydrogen) atoms. The van der Waals surface area contributed by atoms with Gasteiger partial charge in [0.15, 0.2) is 0 Å². The van der Waals surface area contributed by atoms with E-state index < -0.39 is 23.5 Å². The van der Waals surface area contributed by atoms with E-state index in [0.29, 0.717) is 5.56 Å². The number of hydrogen-bond acceptors (Lipinski definition) is 4. The lowest BCUT2D eigenvalue weighted by Gasteiger charge is -2.24. The number of likely N-dealkylation sites (tertiary alicyclic amines) is 1. The zero-order valence-electron chi connectivity index (χ0n) is 13.2. The molecule has 1 aliphatic heterocycles. The lowest BCUT2D eigenvalue weighted by molar-refractivity contribution is -0.140. The van der Waals surface area contributed by atoms with Gasteiger partial charge in [-0.2, -0.15) is 0 Å². The van der Waals surface area contributed by atoms with Crippen molar-refractivity contribution in [3.8, 4) is 0 Å². The quantitative estimate of drug-likeness (QED) is 0.508. The van der Waals surface area contributed by atoms with E-state index in [4.69, 9.17) is 0 Å². The molecule has 0 aliphatic carbocycles. The normalized spacial score (nSPS) is 19.4. The first-order valence-electron chi connectivity index (χ1n) is 7.74. The Kier molecular flexibility index (Phi) is 4.63. The highest BCUT2D eigenvalue weighted by atomic mass is 19.1. The number of halogens is 1. The molecule has 1 heterocycles. The molecule has 1 atom stereocenters. The number of aliphatic hydroxyl groups excluding tert-OH is 2. The SMILES string of the molecule is O=C1C(=O)N(CCO)C(c2ccccc2)C1=C(O)c1ccc(F)cc1. The van der Waals surface area contributed by atoms with Gasteiger partial charge in [0.1, 0.15) is 11.6 Å². The fraction of sp³-hybridized carbons (Fsp3) is 0.158. The van der Waals surface area contributed by atoms with Gasteiger partial charge in [0.05, 0.1) is 18.2 Å². The van der Waals surface area contributed by atoms with E-state index in [-0.39, 0.29) is 30.0 Å². The zero-order valence-corrected chi connectivity index (χ0v) is 13.2. The van der Waals surface area contributed by atoms with Crippen molar-refractivity contribution in [2.45, 2.75) is 6.04 Å². The van der Waals surface area contributed by atoms with Crippen LogP contribution in [0.2, 0.25) is 0 Å². The van der Waals surface area contributed by atoms with E-state index in [1.807, 2.05) is 0 Å². The molecule has 1 unspecified atom stereocenters. The molecule has 2 aromatic rings. The van der Waals surface area contributed by atoms with Gasteiger partial charge in [-0.05, 0) is 29.8 Å². The summed E-state index contributed by atoms with van der Waals surface area (Å²) in [5.41, 5.74) is 0.805. The Morgan fingerprint density at radius 2 is 1.68 bits per heavy atom. The number of β-amino-alcohol motifs (C(OH)–C–C–N with tert-alkyl or cyclic N) is 1. The fourth-order valence-electron chi connectivity index (χ4n) is 2.96. The van der Waals surface area contributed by atoms with Gasteiger partial charge in [-0.3, -0.25) is 9.59 Å². The predicted octanol–water partition coefficient (Wildman–Crippen LogP) is 2.24. The molecule has 6 heteroatoms. The standard InChI is InChI=1S/C19H16FNO4/c20-14-8-6-13(7-9-14)17(23)15-16(12-4-2-1-3-5-12)21(10-11-22)19(25)18(15)24/h1-9,16,22-23H,10-11H2. The summed E-state index contributed by atoms with van der Waals surface area (Å²) in [5.74, 6) is -2.46. The van der Waals surface area contributed by atoms with Crippen molar-refractivity contribution in [3.05, 3.63) is 77.1 Å². The van der Waals surface area contributed by atoms with Gasteiger partial charge in [0.2, 0.25) is 0 Å². The van der Waals surface area contributed by atoms with Gasteiger partial charge in [0.25, 0.3) is 11.7 Å². The number of carbonyl (C=O) groups is 2. The van der Waals surface area contributed by atoms with Crippen LogP contribution in [0.3, 0.4) is 0 Å². The summed E-state index contributed by atoms with van der Waals surface area (Å²) < 4.78 is 13.1. The Balaban J connectivity index is 2.17. The zero-order chi connectivity index (χ0) is 18.0. The highest BCUT2D eigenvalue weighted by molar-refractivity contribution is 6.46. The third-order valence-corrected chi connectivity index (χ3v) is 4.11. The largest absolute Gasteiger partial charge is 0.507 e. The van der Waals surface area contributed by atoms with Gasteiger partial charge in [0, 0.05) is 12.1 Å². The lowest BCUT2D eigenvalue weighted by atomic mass is 9.95. The molecule has 1 aliphatic rings. The molecule has 0 spiro atoms. The van der Waals surface area contributed by atoms with Crippen molar-refractivity contribution in [2.75, 3.05) is 13.2 Å². The van der Waals surface area contributed by atoms with Crippen LogP contribution in [-0.2, 0) is 9.59 Å². The minimum absolute atomic E-state index is 0.0374. The van der Waals surface area contributed by atoms with Crippen molar-refractivity contribution in [1.29, 1.82) is 0 Å². The number of benzene rings is 2. The second-order valence-electron chi connectivity index (χ2n) is 5.63. The summed E-state index contributed by atoms with van der Waals surface area (Å²) in [6.45, 7) is -0.350. The Labute approximate surface area is 143 Å². The maximum Gasteiger partial charge on any atom is 0.295 e. The van der Waals surface area contributed by atoms with Crippen LogP contribution >= 0.6 is 0 Å². The molecule has 0 saturated carbocycles. The Morgan fingerprint density at radius 3 is 2.28 bits per heavy atom. The Morgan fingerprint density at radius 1 is 1.04 bits per heavy atom. The first kappa shape index (κ1) is 16.9. The highest BCUT2D eigenvalue weighted by Crippen LogP contribution is 2.38. The number of Topliss-reactive ketones (excluding diaryl/α,β-unsaturated/α-hetero) is 1. The van der Waals surface area contributed by atoms with E-state index in [9.17, 15) is 24.2 Å². The summed E-state index contributed by atoms with van der Waals surface area (Å²) in [6.07, 6.45) is 0. The first-order chi connectivity index (χ1) is 12.0. The van der Waals surface area contributed by atoms with Gasteiger partial charge < -0.3 is 15.1 Å². The average Bonchev–Trinajstić information content (AvgIpc) is 2.88. The molecular weight excluding hydrogens is 325 g/mol. The van der Waals surface area contributed by atoms with Crippen molar-refractivity contribution in [1.82, 2.24) is 4.90 Å². The van der Waals surface area contributed by atoms with E-state index in [1.54, 1.807) is 30.3 Å². The van der Waals surface area contributed by atoms with E-state index >= 15 is 0 Å². The number of ketones is 1. The molecule has 5 nitrogen and oxygen atoms in total. The van der Waals surface area contributed by atoms with Crippen LogP contribution < -0.4 is 0 Å². The van der Waals surface area contributed by atoms with Crippen molar-refractivity contribution in [3.63, 3.8) is 0 Å². The number of aliphatic hydroxyl groups is 2. The van der Waals surface area contributed by atoms with Crippen LogP contribution in [0.15, 0.2) is 60.2 Å².